The summed E-state index contributed by atoms with van der Waals surface area (Å²) in [5.41, 5.74) is 2.26. The highest BCUT2D eigenvalue weighted by molar-refractivity contribution is 5.81. The molecule has 1 amide bonds. The lowest BCUT2D eigenvalue weighted by atomic mass is 10.1. The second kappa shape index (κ2) is 7.83. The Bertz CT molecular complexity index is 858. The third kappa shape index (κ3) is 3.85. The molecular weight excluding hydrogens is 359 g/mol. The number of fused-ring (bicyclic) bond motifs is 1. The van der Waals surface area contributed by atoms with Crippen LogP contribution < -0.4 is 4.74 Å². The highest BCUT2D eigenvalue weighted by Gasteiger charge is 2.35. The van der Waals surface area contributed by atoms with Gasteiger partial charge in [0.2, 0.25) is 0 Å². The molecule has 0 saturated carbocycles. The Morgan fingerprint density at radius 1 is 1.29 bits per heavy atom. The molecule has 148 valence electrons. The van der Waals surface area contributed by atoms with Crippen molar-refractivity contribution >= 4 is 5.91 Å². The molecule has 1 fully saturated rings. The van der Waals surface area contributed by atoms with E-state index >= 15 is 0 Å². The monoisotopic (exact) mass is 384 g/mol. The zero-order valence-corrected chi connectivity index (χ0v) is 16.3. The van der Waals surface area contributed by atoms with E-state index in [1.54, 1.807) is 6.92 Å². The van der Waals surface area contributed by atoms with Gasteiger partial charge in [0, 0.05) is 43.5 Å². The predicted molar refractivity (Wildman–Crippen MR) is 102 cm³/mol. The van der Waals surface area contributed by atoms with E-state index in [0.29, 0.717) is 12.3 Å². The fourth-order valence-corrected chi connectivity index (χ4v) is 3.93. The molecule has 0 radical (unpaired) electrons. The SMILES string of the molecule is C[C@H](Oc1ccc(F)cc1)C(=O)N1CCC[C@H]1c1ncc2c(n1)CCN(C)C2. The van der Waals surface area contributed by atoms with E-state index in [-0.39, 0.29) is 17.8 Å². The van der Waals surface area contributed by atoms with Gasteiger partial charge in [-0.25, -0.2) is 14.4 Å². The van der Waals surface area contributed by atoms with Crippen molar-refractivity contribution in [3.05, 3.63) is 53.4 Å². The first-order valence-corrected chi connectivity index (χ1v) is 9.77. The summed E-state index contributed by atoms with van der Waals surface area (Å²) < 4.78 is 18.8. The van der Waals surface area contributed by atoms with Crippen LogP contribution in [0.4, 0.5) is 4.39 Å². The maximum atomic E-state index is 13.1. The lowest BCUT2D eigenvalue weighted by Gasteiger charge is -2.28. The molecule has 0 spiro atoms. The van der Waals surface area contributed by atoms with Crippen molar-refractivity contribution in [2.75, 3.05) is 20.1 Å². The Labute approximate surface area is 164 Å². The fourth-order valence-electron chi connectivity index (χ4n) is 3.93. The molecule has 2 aliphatic rings. The van der Waals surface area contributed by atoms with E-state index in [9.17, 15) is 9.18 Å². The number of likely N-dealkylation sites (N-methyl/N-ethyl adjacent to an activating group) is 1. The van der Waals surface area contributed by atoms with Crippen molar-refractivity contribution in [2.24, 2.45) is 0 Å². The zero-order chi connectivity index (χ0) is 19.7. The van der Waals surface area contributed by atoms with Crippen LogP contribution in [0.25, 0.3) is 0 Å². The van der Waals surface area contributed by atoms with E-state index in [1.807, 2.05) is 11.1 Å². The number of carbonyl (C=O) groups excluding carboxylic acids is 1. The van der Waals surface area contributed by atoms with Gasteiger partial charge in [-0.15, -0.1) is 0 Å². The molecule has 2 atom stereocenters. The number of hydrogen-bond acceptors (Lipinski definition) is 5. The molecule has 7 heteroatoms. The lowest BCUT2D eigenvalue weighted by Crippen LogP contribution is -2.40. The molecule has 2 aromatic rings. The third-order valence-electron chi connectivity index (χ3n) is 5.45. The van der Waals surface area contributed by atoms with Crippen molar-refractivity contribution < 1.29 is 13.9 Å². The van der Waals surface area contributed by atoms with Crippen molar-refractivity contribution in [1.82, 2.24) is 19.8 Å². The van der Waals surface area contributed by atoms with E-state index in [1.165, 1.54) is 29.8 Å². The third-order valence-corrected chi connectivity index (χ3v) is 5.45. The van der Waals surface area contributed by atoms with Gasteiger partial charge in [-0.2, -0.15) is 0 Å². The quantitative estimate of drug-likeness (QED) is 0.811. The fraction of sp³-hybridized carbons (Fsp3) is 0.476. The van der Waals surface area contributed by atoms with Crippen LogP contribution in [-0.4, -0.2) is 51.9 Å². The highest BCUT2D eigenvalue weighted by Crippen LogP contribution is 2.31. The smallest absolute Gasteiger partial charge is 0.263 e. The summed E-state index contributed by atoms with van der Waals surface area (Å²) >= 11 is 0. The predicted octanol–water partition coefficient (Wildman–Crippen LogP) is 2.73. The number of aromatic nitrogens is 2. The maximum Gasteiger partial charge on any atom is 0.263 e. The summed E-state index contributed by atoms with van der Waals surface area (Å²) in [6, 6.07) is 5.60. The average Bonchev–Trinajstić information content (AvgIpc) is 3.18. The number of likely N-dealkylation sites (tertiary alicyclic amines) is 1. The summed E-state index contributed by atoms with van der Waals surface area (Å²) in [6.45, 7) is 4.25. The van der Waals surface area contributed by atoms with Crippen molar-refractivity contribution in [2.45, 2.75) is 44.9 Å². The first-order chi connectivity index (χ1) is 13.5. The molecule has 3 heterocycles. The van der Waals surface area contributed by atoms with Crippen LogP contribution in [0.1, 0.15) is 42.9 Å². The van der Waals surface area contributed by atoms with Gasteiger partial charge in [-0.05, 0) is 51.1 Å². The molecule has 0 unspecified atom stereocenters. The van der Waals surface area contributed by atoms with E-state index in [0.717, 1.165) is 43.9 Å². The topological polar surface area (TPSA) is 58.6 Å². The second-order valence-electron chi connectivity index (χ2n) is 7.59. The summed E-state index contributed by atoms with van der Waals surface area (Å²) in [7, 11) is 2.09. The van der Waals surface area contributed by atoms with Crippen molar-refractivity contribution in [3.63, 3.8) is 0 Å². The lowest BCUT2D eigenvalue weighted by molar-refractivity contribution is -0.139. The van der Waals surface area contributed by atoms with Gasteiger partial charge in [0.05, 0.1) is 6.04 Å². The van der Waals surface area contributed by atoms with Crippen LogP contribution in [0.2, 0.25) is 0 Å². The zero-order valence-electron chi connectivity index (χ0n) is 16.3. The van der Waals surface area contributed by atoms with Crippen LogP contribution >= 0.6 is 0 Å². The Morgan fingerprint density at radius 3 is 2.86 bits per heavy atom. The van der Waals surface area contributed by atoms with Gasteiger partial charge >= 0.3 is 0 Å². The number of nitrogens with zero attached hydrogens (tertiary/aromatic N) is 4. The van der Waals surface area contributed by atoms with Crippen LogP contribution in [0, 0.1) is 5.82 Å². The van der Waals surface area contributed by atoms with Gasteiger partial charge in [-0.3, -0.25) is 4.79 Å². The van der Waals surface area contributed by atoms with Crippen LogP contribution in [0.5, 0.6) is 5.75 Å². The summed E-state index contributed by atoms with van der Waals surface area (Å²) in [5.74, 6) is 0.782. The molecule has 0 bridgehead atoms. The Kier molecular flexibility index (Phi) is 5.26. The number of hydrogen-bond donors (Lipinski definition) is 0. The maximum absolute atomic E-state index is 13.1. The van der Waals surface area contributed by atoms with Gasteiger partial charge in [0.1, 0.15) is 11.6 Å². The molecule has 0 N–H and O–H groups in total. The summed E-state index contributed by atoms with van der Waals surface area (Å²) in [6.07, 6.45) is 3.94. The number of carbonyl (C=O) groups is 1. The number of benzene rings is 1. The van der Waals surface area contributed by atoms with Crippen molar-refractivity contribution in [3.8, 4) is 5.75 Å². The van der Waals surface area contributed by atoms with Gasteiger partial charge in [0.15, 0.2) is 11.9 Å². The van der Waals surface area contributed by atoms with Crippen molar-refractivity contribution in [1.29, 1.82) is 0 Å². The molecular formula is C21H25FN4O2. The largest absolute Gasteiger partial charge is 0.481 e. The normalized spacial score (nSPS) is 20.7. The molecule has 6 nitrogen and oxygen atoms in total. The minimum Gasteiger partial charge on any atom is -0.481 e. The molecule has 1 aromatic heterocycles. The molecule has 28 heavy (non-hydrogen) atoms. The summed E-state index contributed by atoms with van der Waals surface area (Å²) in [5, 5.41) is 0. The number of halogens is 1. The van der Waals surface area contributed by atoms with Crippen LogP contribution in [0.15, 0.2) is 30.5 Å². The Balaban J connectivity index is 1.48. The average molecular weight is 384 g/mol. The molecule has 1 saturated heterocycles. The van der Waals surface area contributed by atoms with Crippen LogP contribution in [-0.2, 0) is 17.8 Å². The molecule has 0 aliphatic carbocycles. The number of ether oxygens (including phenoxy) is 1. The number of amides is 1. The second-order valence-corrected chi connectivity index (χ2v) is 7.59. The summed E-state index contributed by atoms with van der Waals surface area (Å²) in [4.78, 5) is 26.5. The van der Waals surface area contributed by atoms with E-state index in [2.05, 4.69) is 16.9 Å². The standard InChI is InChI=1S/C21H25FN4O2/c1-14(28-17-7-5-16(22)6-8-17)21(27)26-10-3-4-19(26)20-23-12-15-13-25(2)11-9-18(15)24-20/h5-8,12,14,19H,3-4,9-11,13H2,1-2H3/t14-,19-/m0/s1. The van der Waals surface area contributed by atoms with E-state index in [4.69, 9.17) is 9.72 Å². The van der Waals surface area contributed by atoms with Gasteiger partial charge in [0.25, 0.3) is 5.91 Å². The Morgan fingerprint density at radius 2 is 2.07 bits per heavy atom. The minimum atomic E-state index is -0.655. The van der Waals surface area contributed by atoms with Gasteiger partial charge in [-0.1, -0.05) is 0 Å². The highest BCUT2D eigenvalue weighted by atomic mass is 19.1. The number of rotatable bonds is 4. The Hall–Kier alpha value is -2.54. The molecule has 2 aliphatic heterocycles. The first kappa shape index (κ1) is 18.8. The van der Waals surface area contributed by atoms with E-state index < -0.39 is 6.10 Å². The molecule has 1 aromatic carbocycles. The van der Waals surface area contributed by atoms with Gasteiger partial charge < -0.3 is 14.5 Å². The van der Waals surface area contributed by atoms with Crippen LogP contribution in [0.3, 0.4) is 0 Å². The minimum absolute atomic E-state index is 0.0899. The molecule has 4 rings (SSSR count). The first-order valence-electron chi connectivity index (χ1n) is 9.77.